The second-order valence-corrected chi connectivity index (χ2v) is 5.18. The normalized spacial score (nSPS) is 11.3. The predicted octanol–water partition coefficient (Wildman–Crippen LogP) is 4.77. The number of fused-ring (bicyclic) bond motifs is 1. The van der Waals surface area contributed by atoms with Gasteiger partial charge < -0.3 is 5.73 Å². The largest absolute Gasteiger partial charge is 0.326 e. The molecule has 0 atom stereocenters. The molecule has 0 saturated carbocycles. The molecule has 1 nitrogen and oxygen atoms in total. The molecule has 5 rings (SSSR count). The van der Waals surface area contributed by atoms with E-state index < -0.39 is 0 Å². The Morgan fingerprint density at radius 1 is 0.750 bits per heavy atom. The Bertz CT molecular complexity index is 911. The molecule has 0 spiro atoms. The van der Waals surface area contributed by atoms with E-state index in [9.17, 15) is 0 Å². The van der Waals surface area contributed by atoms with Gasteiger partial charge >= 0.3 is 0 Å². The van der Waals surface area contributed by atoms with Gasteiger partial charge in [0.1, 0.15) is 0 Å². The van der Waals surface area contributed by atoms with E-state index in [0.29, 0.717) is 6.54 Å². The summed E-state index contributed by atoms with van der Waals surface area (Å²) < 4.78 is 0. The van der Waals surface area contributed by atoms with E-state index in [0.717, 1.165) is 0 Å². The summed E-state index contributed by atoms with van der Waals surface area (Å²) in [4.78, 5) is 0. The first-order chi connectivity index (χ1) is 9.31. The Morgan fingerprint density at radius 3 is 1.90 bits per heavy atom. The van der Waals surface area contributed by atoms with Crippen LogP contribution in [0.1, 0.15) is 11.1 Å². The van der Waals surface area contributed by atoms with E-state index in [-0.39, 0.29) is 12.4 Å². The molecule has 0 amide bonds. The topological polar surface area (TPSA) is 26.0 Å². The summed E-state index contributed by atoms with van der Waals surface area (Å²) in [6.45, 7) is 2.79. The van der Waals surface area contributed by atoms with Crippen molar-refractivity contribution in [3.8, 4) is 0 Å². The minimum absolute atomic E-state index is 0. The Balaban J connectivity index is 0.00000121. The van der Waals surface area contributed by atoms with Crippen molar-refractivity contribution < 1.29 is 0 Å². The molecule has 2 bridgehead atoms. The van der Waals surface area contributed by atoms with Crippen LogP contribution in [0, 0.1) is 6.92 Å². The molecular formula is C18H16ClN. The molecule has 0 aliphatic heterocycles. The number of nitrogens with two attached hydrogens (primary N) is 1. The third-order valence-electron chi connectivity index (χ3n) is 4.28. The van der Waals surface area contributed by atoms with Crippen LogP contribution < -0.4 is 5.73 Å². The molecule has 20 heavy (non-hydrogen) atoms. The maximum atomic E-state index is 5.84. The van der Waals surface area contributed by atoms with Crippen LogP contribution in [0.3, 0.4) is 0 Å². The van der Waals surface area contributed by atoms with Crippen molar-refractivity contribution in [2.75, 3.05) is 0 Å². The molecule has 0 fully saturated rings. The molecule has 0 radical (unpaired) electrons. The Morgan fingerprint density at radius 2 is 1.25 bits per heavy atom. The monoisotopic (exact) mass is 281 g/mol. The van der Waals surface area contributed by atoms with E-state index in [1.807, 2.05) is 0 Å². The molecule has 0 heterocycles. The zero-order valence-electron chi connectivity index (χ0n) is 11.3. The second kappa shape index (κ2) is 4.62. The standard InChI is InChI=1S/C18H15N.ClH/c1-11-12(10-19)6-7-16-15-8-9-17(18(11)16)14-5-3-2-4-13(14)15;/h2-9H,10,19H2,1H3;1H. The Labute approximate surface area is 124 Å². The number of hydrogen-bond donors (Lipinski definition) is 1. The maximum Gasteiger partial charge on any atom is 0.0180 e. The smallest absolute Gasteiger partial charge is 0.0180 e. The van der Waals surface area contributed by atoms with E-state index in [1.54, 1.807) is 0 Å². The van der Waals surface area contributed by atoms with Gasteiger partial charge in [-0.05, 0) is 50.4 Å². The fourth-order valence-electron chi connectivity index (χ4n) is 3.30. The SMILES string of the molecule is Cc1c(CN)ccc2c3ccc(c4ccccc34)c12.Cl. The highest BCUT2D eigenvalue weighted by Crippen LogP contribution is 2.39. The zero-order chi connectivity index (χ0) is 13.0. The van der Waals surface area contributed by atoms with Crippen LogP contribution in [0.15, 0.2) is 48.5 Å². The molecule has 0 aromatic heterocycles. The van der Waals surface area contributed by atoms with Crippen LogP contribution in [0.5, 0.6) is 0 Å². The third-order valence-corrected chi connectivity index (χ3v) is 4.28. The summed E-state index contributed by atoms with van der Waals surface area (Å²) in [6.07, 6.45) is 0. The highest BCUT2D eigenvalue weighted by atomic mass is 35.5. The van der Waals surface area contributed by atoms with Gasteiger partial charge in [-0.3, -0.25) is 0 Å². The Hall–Kier alpha value is -1.83. The van der Waals surface area contributed by atoms with Crippen LogP contribution >= 0.6 is 12.4 Å². The lowest BCUT2D eigenvalue weighted by atomic mass is 9.88. The van der Waals surface area contributed by atoms with Crippen molar-refractivity contribution >= 4 is 44.7 Å². The number of halogens is 1. The van der Waals surface area contributed by atoms with Gasteiger partial charge in [0.25, 0.3) is 0 Å². The van der Waals surface area contributed by atoms with Gasteiger partial charge in [0.05, 0.1) is 0 Å². The minimum Gasteiger partial charge on any atom is -0.326 e. The summed E-state index contributed by atoms with van der Waals surface area (Å²) in [5.74, 6) is 0. The summed E-state index contributed by atoms with van der Waals surface area (Å²) in [6, 6.07) is 17.5. The highest BCUT2D eigenvalue weighted by Gasteiger charge is 2.13. The van der Waals surface area contributed by atoms with Crippen molar-refractivity contribution in [2.24, 2.45) is 5.73 Å². The van der Waals surface area contributed by atoms with Crippen LogP contribution in [-0.4, -0.2) is 0 Å². The average molecular weight is 282 g/mol. The summed E-state index contributed by atoms with van der Waals surface area (Å²) in [5.41, 5.74) is 8.41. The Kier molecular flexibility index (Phi) is 3.04. The van der Waals surface area contributed by atoms with E-state index >= 15 is 0 Å². The van der Waals surface area contributed by atoms with Crippen LogP contribution in [0.25, 0.3) is 32.3 Å². The molecule has 5 aromatic rings. The molecule has 0 aliphatic carbocycles. The molecule has 0 unspecified atom stereocenters. The first kappa shape index (κ1) is 13.2. The predicted molar refractivity (Wildman–Crippen MR) is 90.0 cm³/mol. The second-order valence-electron chi connectivity index (χ2n) is 5.18. The quantitative estimate of drug-likeness (QED) is 0.500. The van der Waals surface area contributed by atoms with Crippen molar-refractivity contribution in [3.05, 3.63) is 59.7 Å². The van der Waals surface area contributed by atoms with E-state index in [4.69, 9.17) is 5.73 Å². The summed E-state index contributed by atoms with van der Waals surface area (Å²) >= 11 is 0. The molecule has 0 aliphatic rings. The molecule has 2 N–H and O–H groups in total. The van der Waals surface area contributed by atoms with Gasteiger partial charge in [0.15, 0.2) is 0 Å². The number of benzene rings is 5. The maximum absolute atomic E-state index is 5.84. The number of aryl methyl sites for hydroxylation is 1. The van der Waals surface area contributed by atoms with Crippen molar-refractivity contribution in [2.45, 2.75) is 13.5 Å². The van der Waals surface area contributed by atoms with Crippen molar-refractivity contribution in [1.82, 2.24) is 0 Å². The van der Waals surface area contributed by atoms with Gasteiger partial charge in [-0.15, -0.1) is 12.4 Å². The third kappa shape index (κ3) is 1.54. The lowest BCUT2D eigenvalue weighted by Crippen LogP contribution is -2.00. The fraction of sp³-hybridized carbons (Fsp3) is 0.111. The lowest BCUT2D eigenvalue weighted by molar-refractivity contribution is 1.06. The average Bonchev–Trinajstić information content (AvgIpc) is 2.48. The van der Waals surface area contributed by atoms with Crippen molar-refractivity contribution in [1.29, 1.82) is 0 Å². The van der Waals surface area contributed by atoms with Crippen molar-refractivity contribution in [3.63, 3.8) is 0 Å². The van der Waals surface area contributed by atoms with Gasteiger partial charge in [-0.2, -0.15) is 0 Å². The minimum atomic E-state index is 0. The molecule has 5 aromatic carbocycles. The number of rotatable bonds is 1. The van der Waals surface area contributed by atoms with Crippen LogP contribution in [0.2, 0.25) is 0 Å². The molecule has 0 saturated heterocycles. The van der Waals surface area contributed by atoms with Crippen LogP contribution in [0.4, 0.5) is 0 Å². The fourth-order valence-corrected chi connectivity index (χ4v) is 3.30. The summed E-state index contributed by atoms with van der Waals surface area (Å²) in [7, 11) is 0. The van der Waals surface area contributed by atoms with Gasteiger partial charge in [-0.25, -0.2) is 0 Å². The van der Waals surface area contributed by atoms with Gasteiger partial charge in [0, 0.05) is 6.54 Å². The lowest BCUT2D eigenvalue weighted by Gasteiger charge is -2.16. The first-order valence-corrected chi connectivity index (χ1v) is 6.66. The van der Waals surface area contributed by atoms with Gasteiger partial charge in [-0.1, -0.05) is 48.5 Å². The van der Waals surface area contributed by atoms with Crippen LogP contribution in [-0.2, 0) is 6.54 Å². The van der Waals surface area contributed by atoms with E-state index in [2.05, 4.69) is 55.5 Å². The van der Waals surface area contributed by atoms with Gasteiger partial charge in [0.2, 0.25) is 0 Å². The number of hydrogen-bond acceptors (Lipinski definition) is 1. The highest BCUT2D eigenvalue weighted by molar-refractivity contribution is 6.27. The van der Waals surface area contributed by atoms with E-state index in [1.165, 1.54) is 43.4 Å². The molecular weight excluding hydrogens is 266 g/mol. The summed E-state index contributed by atoms with van der Waals surface area (Å²) in [5, 5.41) is 8.11. The first-order valence-electron chi connectivity index (χ1n) is 6.66. The molecule has 100 valence electrons. The zero-order valence-corrected chi connectivity index (χ0v) is 12.1. The molecule has 2 heteroatoms.